The summed E-state index contributed by atoms with van der Waals surface area (Å²) >= 11 is 0. The van der Waals surface area contributed by atoms with E-state index in [1.807, 2.05) is 13.0 Å². The van der Waals surface area contributed by atoms with Crippen LogP contribution in [0.3, 0.4) is 0 Å². The first-order valence-electron chi connectivity index (χ1n) is 11.3. The number of rotatable bonds is 20. The first-order valence-corrected chi connectivity index (χ1v) is 11.3. The van der Waals surface area contributed by atoms with Crippen LogP contribution in [-0.4, -0.2) is 36.4 Å². The molecule has 0 saturated heterocycles. The Hall–Kier alpha value is -0.870. The molecular formula is C23H45NO3. The summed E-state index contributed by atoms with van der Waals surface area (Å²) in [6.45, 7) is 9.15. The van der Waals surface area contributed by atoms with Crippen LogP contribution < -0.4 is 5.32 Å². The minimum absolute atomic E-state index is 0.0146. The standard InChI is InChI=1S/C23H45NO3/c1-4-6-7-8-10-13-17-22(16-5-2)27-23(26)18-14-11-9-12-15-19-24-21(3)20-25/h5,21-22,24-25H,2,4,6-20H2,1,3H3. The van der Waals surface area contributed by atoms with Crippen molar-refractivity contribution in [1.29, 1.82) is 0 Å². The SMILES string of the molecule is C=CCC(CCCCCCCC)OC(=O)CCCCCCCNC(C)CO. The third-order valence-corrected chi connectivity index (χ3v) is 4.93. The molecule has 2 unspecified atom stereocenters. The summed E-state index contributed by atoms with van der Waals surface area (Å²) in [6.07, 6.45) is 17.1. The number of ether oxygens (including phenoxy) is 1. The molecule has 0 aliphatic carbocycles. The highest BCUT2D eigenvalue weighted by atomic mass is 16.5. The Labute approximate surface area is 168 Å². The number of nitrogens with one attached hydrogen (secondary N) is 1. The average molecular weight is 384 g/mol. The highest BCUT2D eigenvalue weighted by Crippen LogP contribution is 2.15. The zero-order chi connectivity index (χ0) is 20.2. The second kappa shape index (κ2) is 19.9. The fourth-order valence-corrected chi connectivity index (χ4v) is 3.15. The molecule has 2 N–H and O–H groups in total. The molecule has 0 fully saturated rings. The molecule has 0 spiro atoms. The molecule has 0 amide bonds. The highest BCUT2D eigenvalue weighted by Gasteiger charge is 2.12. The van der Waals surface area contributed by atoms with E-state index in [-0.39, 0.29) is 24.7 Å². The van der Waals surface area contributed by atoms with Crippen molar-refractivity contribution in [3.63, 3.8) is 0 Å². The predicted molar refractivity (Wildman–Crippen MR) is 115 cm³/mol. The topological polar surface area (TPSA) is 58.6 Å². The molecule has 0 aromatic heterocycles. The van der Waals surface area contributed by atoms with Crippen LogP contribution in [-0.2, 0) is 9.53 Å². The molecule has 0 radical (unpaired) electrons. The van der Waals surface area contributed by atoms with E-state index in [9.17, 15) is 4.79 Å². The average Bonchev–Trinajstić information content (AvgIpc) is 2.66. The van der Waals surface area contributed by atoms with Gasteiger partial charge in [-0.1, -0.05) is 64.4 Å². The molecule has 0 bridgehead atoms. The summed E-state index contributed by atoms with van der Waals surface area (Å²) in [5.41, 5.74) is 0. The van der Waals surface area contributed by atoms with Crippen LogP contribution in [0.2, 0.25) is 0 Å². The van der Waals surface area contributed by atoms with Crippen LogP contribution in [0.4, 0.5) is 0 Å². The van der Waals surface area contributed by atoms with E-state index < -0.39 is 0 Å². The van der Waals surface area contributed by atoms with Crippen molar-refractivity contribution in [2.24, 2.45) is 0 Å². The summed E-state index contributed by atoms with van der Waals surface area (Å²) in [6, 6.07) is 0.180. The second-order valence-electron chi connectivity index (χ2n) is 7.75. The van der Waals surface area contributed by atoms with Crippen molar-refractivity contribution in [3.05, 3.63) is 12.7 Å². The normalized spacial score (nSPS) is 13.3. The number of carbonyl (C=O) groups is 1. The highest BCUT2D eigenvalue weighted by molar-refractivity contribution is 5.69. The van der Waals surface area contributed by atoms with Gasteiger partial charge in [0.25, 0.3) is 0 Å². The fourth-order valence-electron chi connectivity index (χ4n) is 3.15. The number of hydrogen-bond acceptors (Lipinski definition) is 4. The zero-order valence-corrected chi connectivity index (χ0v) is 18.0. The maximum atomic E-state index is 12.1. The van der Waals surface area contributed by atoms with Gasteiger partial charge in [-0.3, -0.25) is 4.79 Å². The number of hydrogen-bond donors (Lipinski definition) is 2. The minimum Gasteiger partial charge on any atom is -0.462 e. The Balaban J connectivity index is 3.65. The van der Waals surface area contributed by atoms with E-state index in [0.29, 0.717) is 6.42 Å². The molecule has 4 nitrogen and oxygen atoms in total. The predicted octanol–water partition coefficient (Wildman–Crippen LogP) is 5.54. The molecule has 0 aromatic rings. The van der Waals surface area contributed by atoms with Gasteiger partial charge in [0.15, 0.2) is 0 Å². The van der Waals surface area contributed by atoms with Crippen LogP contribution in [0, 0.1) is 0 Å². The van der Waals surface area contributed by atoms with Crippen LogP contribution in [0.15, 0.2) is 12.7 Å². The Morgan fingerprint density at radius 3 is 2.33 bits per heavy atom. The summed E-state index contributed by atoms with van der Waals surface area (Å²) < 4.78 is 5.66. The first kappa shape index (κ1) is 26.1. The molecule has 0 heterocycles. The van der Waals surface area contributed by atoms with Crippen LogP contribution in [0.25, 0.3) is 0 Å². The fraction of sp³-hybridized carbons (Fsp3) is 0.870. The number of unbranched alkanes of at least 4 members (excludes halogenated alkanes) is 9. The molecule has 0 aromatic carbocycles. The molecule has 0 rings (SSSR count). The van der Waals surface area contributed by atoms with Gasteiger partial charge in [0.1, 0.15) is 6.10 Å². The summed E-state index contributed by atoms with van der Waals surface area (Å²) in [5, 5.41) is 12.2. The number of carbonyl (C=O) groups excluding carboxylic acids is 1. The van der Waals surface area contributed by atoms with Gasteiger partial charge in [-0.25, -0.2) is 0 Å². The Bertz CT molecular complexity index is 347. The van der Waals surface area contributed by atoms with Gasteiger partial charge in [0, 0.05) is 18.9 Å². The molecule has 160 valence electrons. The van der Waals surface area contributed by atoms with Gasteiger partial charge in [-0.15, -0.1) is 6.58 Å². The maximum Gasteiger partial charge on any atom is 0.306 e. The van der Waals surface area contributed by atoms with E-state index in [0.717, 1.165) is 57.9 Å². The lowest BCUT2D eigenvalue weighted by Crippen LogP contribution is -2.29. The zero-order valence-electron chi connectivity index (χ0n) is 18.0. The Kier molecular flexibility index (Phi) is 19.2. The van der Waals surface area contributed by atoms with Crippen molar-refractivity contribution in [1.82, 2.24) is 5.32 Å². The van der Waals surface area contributed by atoms with Crippen molar-refractivity contribution < 1.29 is 14.6 Å². The van der Waals surface area contributed by atoms with Gasteiger partial charge in [0.2, 0.25) is 0 Å². The third kappa shape index (κ3) is 18.3. The summed E-state index contributed by atoms with van der Waals surface area (Å²) in [4.78, 5) is 12.1. The van der Waals surface area contributed by atoms with Crippen molar-refractivity contribution in [2.75, 3.05) is 13.2 Å². The lowest BCUT2D eigenvalue weighted by molar-refractivity contribution is -0.149. The summed E-state index contributed by atoms with van der Waals surface area (Å²) in [5.74, 6) is -0.0497. The monoisotopic (exact) mass is 383 g/mol. The molecule has 0 aliphatic heterocycles. The number of aliphatic hydroxyl groups excluding tert-OH is 1. The molecular weight excluding hydrogens is 338 g/mol. The van der Waals surface area contributed by atoms with Crippen LogP contribution >= 0.6 is 0 Å². The van der Waals surface area contributed by atoms with E-state index in [2.05, 4.69) is 18.8 Å². The van der Waals surface area contributed by atoms with Gasteiger partial charge >= 0.3 is 5.97 Å². The minimum atomic E-state index is -0.0497. The second-order valence-corrected chi connectivity index (χ2v) is 7.75. The number of esters is 1. The van der Waals surface area contributed by atoms with E-state index in [1.165, 1.54) is 32.1 Å². The van der Waals surface area contributed by atoms with Crippen LogP contribution in [0.1, 0.15) is 104 Å². The van der Waals surface area contributed by atoms with Gasteiger partial charge in [0.05, 0.1) is 6.61 Å². The first-order chi connectivity index (χ1) is 13.1. The molecule has 0 aliphatic rings. The van der Waals surface area contributed by atoms with Crippen LogP contribution in [0.5, 0.6) is 0 Å². The smallest absolute Gasteiger partial charge is 0.306 e. The maximum absolute atomic E-state index is 12.1. The lowest BCUT2D eigenvalue weighted by atomic mass is 10.1. The van der Waals surface area contributed by atoms with Crippen molar-refractivity contribution >= 4 is 5.97 Å². The third-order valence-electron chi connectivity index (χ3n) is 4.93. The molecule has 4 heteroatoms. The summed E-state index contributed by atoms with van der Waals surface area (Å²) in [7, 11) is 0. The van der Waals surface area contributed by atoms with E-state index in [1.54, 1.807) is 0 Å². The molecule has 27 heavy (non-hydrogen) atoms. The molecule has 0 saturated carbocycles. The Morgan fingerprint density at radius 1 is 1.04 bits per heavy atom. The quantitative estimate of drug-likeness (QED) is 0.165. The largest absolute Gasteiger partial charge is 0.462 e. The van der Waals surface area contributed by atoms with Gasteiger partial charge in [-0.05, 0) is 39.2 Å². The van der Waals surface area contributed by atoms with E-state index in [4.69, 9.17) is 9.84 Å². The van der Waals surface area contributed by atoms with Crippen molar-refractivity contribution in [2.45, 2.75) is 116 Å². The van der Waals surface area contributed by atoms with E-state index >= 15 is 0 Å². The van der Waals surface area contributed by atoms with Crippen molar-refractivity contribution in [3.8, 4) is 0 Å². The van der Waals surface area contributed by atoms with Gasteiger partial charge < -0.3 is 15.2 Å². The lowest BCUT2D eigenvalue weighted by Gasteiger charge is -2.16. The Morgan fingerprint density at radius 2 is 1.67 bits per heavy atom. The molecule has 2 atom stereocenters. The van der Waals surface area contributed by atoms with Gasteiger partial charge in [-0.2, -0.15) is 0 Å². The number of aliphatic hydroxyl groups is 1.